The first-order valence-corrected chi connectivity index (χ1v) is 4.05. The van der Waals surface area contributed by atoms with E-state index in [0.29, 0.717) is 16.9 Å². The van der Waals surface area contributed by atoms with Crippen LogP contribution in [0, 0.1) is 11.3 Å². The predicted molar refractivity (Wildman–Crippen MR) is 52.6 cm³/mol. The van der Waals surface area contributed by atoms with E-state index < -0.39 is 0 Å². The average Bonchev–Trinajstić information content (AvgIpc) is 2.21. The van der Waals surface area contributed by atoms with Gasteiger partial charge in [0.1, 0.15) is 19.5 Å². The van der Waals surface area contributed by atoms with Crippen LogP contribution >= 0.6 is 0 Å². The van der Waals surface area contributed by atoms with Crippen LogP contribution in [0.4, 0.5) is 11.4 Å². The molecule has 1 aromatic rings. The van der Waals surface area contributed by atoms with E-state index in [2.05, 4.69) is 10.6 Å². The fourth-order valence-electron chi connectivity index (χ4n) is 1.08. The third kappa shape index (κ3) is 2.36. The number of benzene rings is 1. The van der Waals surface area contributed by atoms with Gasteiger partial charge in [0, 0.05) is 5.69 Å². The Morgan fingerprint density at radius 2 is 1.93 bits per heavy atom. The fourth-order valence-corrected chi connectivity index (χ4v) is 1.08. The van der Waals surface area contributed by atoms with Gasteiger partial charge in [0.15, 0.2) is 0 Å². The summed E-state index contributed by atoms with van der Waals surface area (Å²) in [5, 5.41) is 31.3. The van der Waals surface area contributed by atoms with Crippen molar-refractivity contribution >= 4 is 11.4 Å². The van der Waals surface area contributed by atoms with E-state index in [1.54, 1.807) is 18.2 Å². The second-order valence-electron chi connectivity index (χ2n) is 2.54. The van der Waals surface area contributed by atoms with Crippen LogP contribution in [0.15, 0.2) is 18.2 Å². The SMILES string of the molecule is N#Cc1cc(NCO)ccc1NCO. The zero-order valence-electron chi connectivity index (χ0n) is 7.49. The number of nitrogens with one attached hydrogen (secondary N) is 2. The average molecular weight is 193 g/mol. The molecule has 0 aliphatic rings. The largest absolute Gasteiger partial charge is 0.377 e. The molecule has 0 fully saturated rings. The monoisotopic (exact) mass is 193 g/mol. The van der Waals surface area contributed by atoms with E-state index in [4.69, 9.17) is 15.5 Å². The Bertz CT molecular complexity index is 346. The zero-order valence-corrected chi connectivity index (χ0v) is 7.49. The minimum absolute atomic E-state index is 0.183. The Kier molecular flexibility index (Phi) is 3.73. The summed E-state index contributed by atoms with van der Waals surface area (Å²) in [6, 6.07) is 6.94. The van der Waals surface area contributed by atoms with Gasteiger partial charge >= 0.3 is 0 Å². The smallest absolute Gasteiger partial charge is 0.113 e. The van der Waals surface area contributed by atoms with Crippen molar-refractivity contribution in [2.24, 2.45) is 0 Å². The van der Waals surface area contributed by atoms with E-state index in [-0.39, 0.29) is 13.5 Å². The van der Waals surface area contributed by atoms with Gasteiger partial charge in [-0.25, -0.2) is 0 Å². The van der Waals surface area contributed by atoms with Crippen LogP contribution in [0.5, 0.6) is 0 Å². The zero-order chi connectivity index (χ0) is 10.4. The molecule has 0 heterocycles. The number of hydrogen-bond acceptors (Lipinski definition) is 5. The van der Waals surface area contributed by atoms with E-state index in [1.165, 1.54) is 0 Å². The van der Waals surface area contributed by atoms with Gasteiger partial charge in [-0.15, -0.1) is 0 Å². The molecule has 0 aliphatic carbocycles. The second kappa shape index (κ2) is 5.07. The van der Waals surface area contributed by atoms with Crippen LogP contribution in [0.25, 0.3) is 0 Å². The molecular weight excluding hydrogens is 182 g/mol. The minimum Gasteiger partial charge on any atom is -0.377 e. The van der Waals surface area contributed by atoms with Crippen molar-refractivity contribution in [3.63, 3.8) is 0 Å². The molecule has 0 bridgehead atoms. The summed E-state index contributed by atoms with van der Waals surface area (Å²) in [6.07, 6.45) is 0. The molecule has 0 spiro atoms. The molecule has 74 valence electrons. The van der Waals surface area contributed by atoms with Crippen molar-refractivity contribution in [2.45, 2.75) is 0 Å². The maximum Gasteiger partial charge on any atom is 0.113 e. The van der Waals surface area contributed by atoms with Crippen LogP contribution in [0.1, 0.15) is 5.56 Å². The molecule has 1 rings (SSSR count). The van der Waals surface area contributed by atoms with Gasteiger partial charge in [0.2, 0.25) is 0 Å². The summed E-state index contributed by atoms with van der Waals surface area (Å²) in [7, 11) is 0. The molecule has 0 atom stereocenters. The van der Waals surface area contributed by atoms with Crippen LogP contribution < -0.4 is 10.6 Å². The summed E-state index contributed by atoms with van der Waals surface area (Å²) < 4.78 is 0. The molecule has 4 N–H and O–H groups in total. The second-order valence-corrected chi connectivity index (χ2v) is 2.54. The van der Waals surface area contributed by atoms with E-state index in [0.717, 1.165) is 0 Å². The lowest BCUT2D eigenvalue weighted by atomic mass is 10.1. The van der Waals surface area contributed by atoms with Gasteiger partial charge in [0.05, 0.1) is 11.3 Å². The first-order chi connectivity index (χ1) is 6.81. The third-order valence-electron chi connectivity index (χ3n) is 1.69. The lowest BCUT2D eigenvalue weighted by Crippen LogP contribution is -2.03. The summed E-state index contributed by atoms with van der Waals surface area (Å²) >= 11 is 0. The molecule has 0 saturated carbocycles. The molecule has 5 nitrogen and oxygen atoms in total. The summed E-state index contributed by atoms with van der Waals surface area (Å²) in [6.45, 7) is -0.404. The number of nitrogens with zero attached hydrogens (tertiary/aromatic N) is 1. The molecule has 0 radical (unpaired) electrons. The Balaban J connectivity index is 2.94. The van der Waals surface area contributed by atoms with Crippen molar-refractivity contribution < 1.29 is 10.2 Å². The van der Waals surface area contributed by atoms with Gasteiger partial charge in [-0.2, -0.15) is 5.26 Å². The highest BCUT2D eigenvalue weighted by atomic mass is 16.3. The molecule has 5 heteroatoms. The highest BCUT2D eigenvalue weighted by molar-refractivity contribution is 5.63. The lowest BCUT2D eigenvalue weighted by molar-refractivity contribution is 0.325. The van der Waals surface area contributed by atoms with Gasteiger partial charge in [-0.1, -0.05) is 0 Å². The summed E-state index contributed by atoms with van der Waals surface area (Å²) in [4.78, 5) is 0. The molecular formula is C9H11N3O2. The maximum atomic E-state index is 8.78. The van der Waals surface area contributed by atoms with Crippen molar-refractivity contribution in [3.8, 4) is 6.07 Å². The lowest BCUT2D eigenvalue weighted by Gasteiger charge is -2.07. The molecule has 0 unspecified atom stereocenters. The van der Waals surface area contributed by atoms with Crippen LogP contribution in [0.3, 0.4) is 0 Å². The van der Waals surface area contributed by atoms with Gasteiger partial charge in [0.25, 0.3) is 0 Å². The third-order valence-corrected chi connectivity index (χ3v) is 1.69. The number of hydrogen-bond donors (Lipinski definition) is 4. The first-order valence-electron chi connectivity index (χ1n) is 4.05. The van der Waals surface area contributed by atoms with Gasteiger partial charge in [-0.05, 0) is 18.2 Å². The van der Waals surface area contributed by atoms with Crippen molar-refractivity contribution in [2.75, 3.05) is 24.1 Å². The number of anilines is 2. The van der Waals surface area contributed by atoms with Gasteiger partial charge < -0.3 is 20.8 Å². The fraction of sp³-hybridized carbons (Fsp3) is 0.222. The quantitative estimate of drug-likeness (QED) is 0.516. The highest BCUT2D eigenvalue weighted by Gasteiger charge is 2.01. The minimum atomic E-state index is -0.221. The topological polar surface area (TPSA) is 88.3 Å². The van der Waals surface area contributed by atoms with Crippen LogP contribution in [-0.2, 0) is 0 Å². The molecule has 0 aromatic heterocycles. The van der Waals surface area contributed by atoms with Crippen molar-refractivity contribution in [1.82, 2.24) is 0 Å². The van der Waals surface area contributed by atoms with E-state index in [1.807, 2.05) is 6.07 Å². The molecule has 0 aliphatic heterocycles. The van der Waals surface area contributed by atoms with E-state index in [9.17, 15) is 0 Å². The predicted octanol–water partition coefficient (Wildman–Crippen LogP) is 0.282. The van der Waals surface area contributed by atoms with Crippen LogP contribution in [0.2, 0.25) is 0 Å². The first kappa shape index (κ1) is 10.3. The molecule has 1 aromatic carbocycles. The van der Waals surface area contributed by atoms with Gasteiger partial charge in [-0.3, -0.25) is 0 Å². The Morgan fingerprint density at radius 1 is 1.21 bits per heavy atom. The normalized spacial score (nSPS) is 9.21. The Hall–Kier alpha value is -1.77. The highest BCUT2D eigenvalue weighted by Crippen LogP contribution is 2.19. The Morgan fingerprint density at radius 3 is 2.50 bits per heavy atom. The Labute approximate surface area is 81.6 Å². The standard InChI is InChI=1S/C9H11N3O2/c10-4-7-3-8(11-5-13)1-2-9(7)12-6-14/h1-3,11-14H,5-6H2. The number of aliphatic hydroxyl groups is 2. The molecule has 14 heavy (non-hydrogen) atoms. The number of aliphatic hydroxyl groups excluding tert-OH is 2. The van der Waals surface area contributed by atoms with E-state index >= 15 is 0 Å². The molecule has 0 amide bonds. The number of rotatable bonds is 4. The summed E-state index contributed by atoms with van der Waals surface area (Å²) in [5.41, 5.74) is 1.64. The summed E-state index contributed by atoms with van der Waals surface area (Å²) in [5.74, 6) is 0. The van der Waals surface area contributed by atoms with Crippen molar-refractivity contribution in [3.05, 3.63) is 23.8 Å². The van der Waals surface area contributed by atoms with Crippen molar-refractivity contribution in [1.29, 1.82) is 5.26 Å². The number of nitriles is 1. The molecule has 0 saturated heterocycles. The van der Waals surface area contributed by atoms with Crippen LogP contribution in [-0.4, -0.2) is 23.7 Å². The maximum absolute atomic E-state index is 8.78.